The summed E-state index contributed by atoms with van der Waals surface area (Å²) in [5.41, 5.74) is -0.316. The predicted octanol–water partition coefficient (Wildman–Crippen LogP) is 19.0. The zero-order valence-electron chi connectivity index (χ0n) is 46.7. The molecular weight excluding hydrogens is 895 g/mol. The molecule has 2 aromatic carbocycles. The molecule has 0 unspecified atom stereocenters. The van der Waals surface area contributed by atoms with Gasteiger partial charge in [0.1, 0.15) is 0 Å². The number of hydrogen-bond acceptors (Lipinski definition) is 6. The van der Waals surface area contributed by atoms with Crippen LogP contribution in [0.1, 0.15) is 301 Å². The van der Waals surface area contributed by atoms with E-state index in [9.17, 15) is 14.4 Å². The number of amides is 1. The number of H-pyrrole nitrogens is 2. The van der Waals surface area contributed by atoms with E-state index in [1.54, 1.807) is 30.3 Å². The molecule has 1 aromatic heterocycles. The van der Waals surface area contributed by atoms with E-state index in [0.29, 0.717) is 42.6 Å². The molecule has 410 valence electrons. The van der Waals surface area contributed by atoms with Crippen LogP contribution in [-0.2, 0) is 0 Å². The van der Waals surface area contributed by atoms with E-state index < -0.39 is 17.0 Å². The number of hydrogen-bond donors (Lipinski definition) is 3. The highest BCUT2D eigenvalue weighted by Crippen LogP contribution is 2.40. The van der Waals surface area contributed by atoms with Crippen LogP contribution < -0.4 is 30.6 Å². The van der Waals surface area contributed by atoms with Crippen LogP contribution in [0.3, 0.4) is 0 Å². The number of fused-ring (bicyclic) bond motifs is 1. The molecule has 0 saturated heterocycles. The fraction of sp³-hybridized carbons (Fsp3) is 0.762. The van der Waals surface area contributed by atoms with E-state index in [2.05, 4.69) is 36.3 Å². The number of carbonyl (C=O) groups is 1. The number of anilines is 1. The van der Waals surface area contributed by atoms with Crippen molar-refractivity contribution in [3.63, 3.8) is 0 Å². The molecule has 0 spiro atoms. The number of benzene rings is 2. The number of unbranched alkanes of at least 4 members (excludes halogenated alkanes) is 39. The third-order valence-electron chi connectivity index (χ3n) is 14.6. The van der Waals surface area contributed by atoms with Crippen molar-refractivity contribution in [2.45, 2.75) is 290 Å². The fourth-order valence-corrected chi connectivity index (χ4v) is 10.0. The molecular formula is C63H107N3O6. The van der Waals surface area contributed by atoms with Crippen molar-refractivity contribution >= 4 is 22.4 Å². The number of carbonyl (C=O) groups excluding carboxylic acids is 1. The van der Waals surface area contributed by atoms with Crippen molar-refractivity contribution in [3.05, 3.63) is 56.6 Å². The predicted molar refractivity (Wildman–Crippen MR) is 307 cm³/mol. The summed E-state index contributed by atoms with van der Waals surface area (Å²) in [6, 6.07) is 8.39. The highest BCUT2D eigenvalue weighted by atomic mass is 16.5. The van der Waals surface area contributed by atoms with E-state index in [0.717, 1.165) is 38.5 Å². The summed E-state index contributed by atoms with van der Waals surface area (Å²) in [6.45, 7) is 8.41. The largest absolute Gasteiger partial charge is 0.490 e. The molecule has 0 bridgehead atoms. The van der Waals surface area contributed by atoms with E-state index >= 15 is 0 Å². The van der Waals surface area contributed by atoms with Gasteiger partial charge in [-0.25, -0.2) is 0 Å². The Kier molecular flexibility index (Phi) is 37.9. The zero-order valence-corrected chi connectivity index (χ0v) is 46.7. The zero-order chi connectivity index (χ0) is 51.4. The summed E-state index contributed by atoms with van der Waals surface area (Å²) in [5.74, 6) is 1.14. The minimum atomic E-state index is -0.484. The molecule has 9 heteroatoms. The summed E-state index contributed by atoms with van der Waals surface area (Å²) in [4.78, 5) is 39.6. The normalized spacial score (nSPS) is 11.4. The molecule has 0 aliphatic heterocycles. The maximum absolute atomic E-state index is 14.1. The maximum Gasteiger partial charge on any atom is 0.272 e. The summed E-state index contributed by atoms with van der Waals surface area (Å²) >= 11 is 0. The topological polar surface area (TPSA) is 123 Å². The molecule has 9 nitrogen and oxygen atoms in total. The number of rotatable bonds is 50. The van der Waals surface area contributed by atoms with Crippen molar-refractivity contribution < 1.29 is 19.0 Å². The van der Waals surface area contributed by atoms with Gasteiger partial charge in [0.15, 0.2) is 11.5 Å². The Hall–Kier alpha value is -3.75. The number of aromatic nitrogens is 2. The van der Waals surface area contributed by atoms with Crippen LogP contribution in [0, 0.1) is 0 Å². The molecule has 3 N–H and O–H groups in total. The van der Waals surface area contributed by atoms with Crippen LogP contribution in [0.2, 0.25) is 0 Å². The summed E-state index contributed by atoms with van der Waals surface area (Å²) < 4.78 is 19.7. The Morgan fingerprint density at radius 2 is 0.708 bits per heavy atom. The van der Waals surface area contributed by atoms with Gasteiger partial charge in [0, 0.05) is 5.56 Å². The lowest BCUT2D eigenvalue weighted by Gasteiger charge is -2.19. The minimum Gasteiger partial charge on any atom is -0.490 e. The molecule has 0 saturated carbocycles. The van der Waals surface area contributed by atoms with Crippen LogP contribution in [0.25, 0.3) is 10.8 Å². The highest BCUT2D eigenvalue weighted by Gasteiger charge is 2.21. The van der Waals surface area contributed by atoms with Crippen molar-refractivity contribution in [3.8, 4) is 17.2 Å². The Labute approximate surface area is 439 Å². The quantitative estimate of drug-likeness (QED) is 0.0484. The second kappa shape index (κ2) is 43.6. The van der Waals surface area contributed by atoms with Gasteiger partial charge in [0.2, 0.25) is 5.75 Å². The first-order valence-electron chi connectivity index (χ1n) is 30.6. The van der Waals surface area contributed by atoms with Gasteiger partial charge in [0.05, 0.1) is 36.3 Å². The maximum atomic E-state index is 14.1. The second-order valence-corrected chi connectivity index (χ2v) is 21.2. The first kappa shape index (κ1) is 62.5. The number of nitrogens with one attached hydrogen (secondary N) is 3. The Morgan fingerprint density at radius 3 is 1.06 bits per heavy atom. The van der Waals surface area contributed by atoms with Gasteiger partial charge in [-0.3, -0.25) is 24.6 Å². The molecule has 1 heterocycles. The van der Waals surface area contributed by atoms with E-state index in [1.165, 1.54) is 231 Å². The molecule has 3 rings (SSSR count). The average molecular weight is 1000 g/mol. The summed E-state index contributed by atoms with van der Waals surface area (Å²) in [7, 11) is 0. The third kappa shape index (κ3) is 29.2. The number of ether oxygens (including phenoxy) is 3. The van der Waals surface area contributed by atoms with Gasteiger partial charge < -0.3 is 19.5 Å². The molecule has 0 radical (unpaired) electrons. The Bertz CT molecular complexity index is 1830. The van der Waals surface area contributed by atoms with Gasteiger partial charge in [-0.15, -0.1) is 0 Å². The van der Waals surface area contributed by atoms with Crippen LogP contribution in [0.15, 0.2) is 39.9 Å². The first-order chi connectivity index (χ1) is 35.5. The second-order valence-electron chi connectivity index (χ2n) is 21.2. The van der Waals surface area contributed by atoms with Crippen LogP contribution >= 0.6 is 0 Å². The third-order valence-corrected chi connectivity index (χ3v) is 14.6. The van der Waals surface area contributed by atoms with Gasteiger partial charge in [-0.1, -0.05) is 277 Å². The summed E-state index contributed by atoms with van der Waals surface area (Å²) in [5, 5.41) is 8.04. The lowest BCUT2D eigenvalue weighted by Crippen LogP contribution is -2.21. The van der Waals surface area contributed by atoms with E-state index in [-0.39, 0.29) is 16.5 Å². The monoisotopic (exact) mass is 1000 g/mol. The fourth-order valence-electron chi connectivity index (χ4n) is 10.0. The number of aromatic amines is 2. The van der Waals surface area contributed by atoms with Crippen LogP contribution in [0.5, 0.6) is 17.2 Å². The van der Waals surface area contributed by atoms with Crippen LogP contribution in [-0.4, -0.2) is 35.9 Å². The van der Waals surface area contributed by atoms with Gasteiger partial charge in [0.25, 0.3) is 17.0 Å². The Morgan fingerprint density at radius 1 is 0.403 bits per heavy atom. The van der Waals surface area contributed by atoms with Gasteiger partial charge in [-0.05, 0) is 43.5 Å². The van der Waals surface area contributed by atoms with Crippen molar-refractivity contribution in [1.29, 1.82) is 0 Å². The molecule has 3 aromatic rings. The summed E-state index contributed by atoms with van der Waals surface area (Å²) in [6.07, 6.45) is 54.2. The lowest BCUT2D eigenvalue weighted by molar-refractivity contribution is 0.102. The smallest absolute Gasteiger partial charge is 0.272 e. The highest BCUT2D eigenvalue weighted by molar-refractivity contribution is 6.09. The van der Waals surface area contributed by atoms with Crippen LogP contribution in [0.4, 0.5) is 5.69 Å². The molecule has 1 amide bonds. The minimum absolute atomic E-state index is 0.131. The molecule has 72 heavy (non-hydrogen) atoms. The SMILES string of the molecule is CCCCCCCCCCCCCCCCOc1cc(C(=O)Nc2cccc3c(=O)[nH][nH]c(=O)c23)cc(OCCCCCCCCCCCCCCCC)c1OCCCCCCCCCCCCCCCC. The first-order valence-corrected chi connectivity index (χ1v) is 30.6. The van der Waals surface area contributed by atoms with Crippen molar-refractivity contribution in [2.24, 2.45) is 0 Å². The molecule has 0 aliphatic rings. The lowest BCUT2D eigenvalue weighted by atomic mass is 10.0. The van der Waals surface area contributed by atoms with E-state index in [4.69, 9.17) is 14.2 Å². The molecule has 0 atom stereocenters. The van der Waals surface area contributed by atoms with Crippen molar-refractivity contribution in [1.82, 2.24) is 10.2 Å². The molecule has 0 fully saturated rings. The average Bonchev–Trinajstić information content (AvgIpc) is 3.38. The standard InChI is InChI=1S/C63H107N3O6/c1-4-7-10-13-16-19-22-25-28-31-34-37-40-43-49-70-57-52-54(61(67)64-56-48-46-47-55-59(56)63(69)66-65-62(55)68)53-58(71-50-44-41-38-35-32-29-26-23-20-17-14-11-8-5-2)60(57)72-51-45-42-39-36-33-30-27-24-21-18-15-12-9-6-3/h46-48,52-53H,4-45,49-51H2,1-3H3,(H,64,67)(H,65,68)(H,66,69). The molecule has 0 aliphatic carbocycles. The van der Waals surface area contributed by atoms with E-state index in [1.807, 2.05) is 0 Å². The van der Waals surface area contributed by atoms with Crippen molar-refractivity contribution in [2.75, 3.05) is 25.1 Å². The Balaban J connectivity index is 1.62. The van der Waals surface area contributed by atoms with Gasteiger partial charge >= 0.3 is 0 Å². The van der Waals surface area contributed by atoms with Gasteiger partial charge in [-0.2, -0.15) is 0 Å².